The summed E-state index contributed by atoms with van der Waals surface area (Å²) in [5.41, 5.74) is 4.53. The van der Waals surface area contributed by atoms with Gasteiger partial charge < -0.3 is 18.8 Å². The van der Waals surface area contributed by atoms with Crippen LogP contribution in [0.4, 0.5) is 5.69 Å². The molecule has 4 aromatic rings. The third-order valence-corrected chi connectivity index (χ3v) is 8.47. The fourth-order valence-corrected chi connectivity index (χ4v) is 6.33. The van der Waals surface area contributed by atoms with E-state index in [1.165, 1.54) is 6.07 Å². The summed E-state index contributed by atoms with van der Waals surface area (Å²) < 4.78 is 25.8. The summed E-state index contributed by atoms with van der Waals surface area (Å²) in [6.07, 6.45) is 0.789. The summed E-state index contributed by atoms with van der Waals surface area (Å²) in [6.45, 7) is 6.62. The van der Waals surface area contributed by atoms with E-state index in [4.69, 9.17) is 9.05 Å². The molecule has 1 N–H and O–H groups in total. The van der Waals surface area contributed by atoms with Crippen LogP contribution in [0.3, 0.4) is 0 Å². The molecular formula is C27H30N3O6P. The van der Waals surface area contributed by atoms with Gasteiger partial charge in [-0.05, 0) is 51.0 Å². The number of nitro groups is 1. The molecule has 37 heavy (non-hydrogen) atoms. The smallest absolute Gasteiger partial charge is 0.330 e. The van der Waals surface area contributed by atoms with Crippen LogP contribution in [0.25, 0.3) is 21.8 Å². The van der Waals surface area contributed by atoms with E-state index in [1.54, 1.807) is 26.0 Å². The van der Waals surface area contributed by atoms with Gasteiger partial charge in [0, 0.05) is 51.6 Å². The van der Waals surface area contributed by atoms with Gasteiger partial charge in [-0.25, -0.2) is 0 Å². The first-order valence-electron chi connectivity index (χ1n) is 12.2. The Hall–Kier alpha value is -3.52. The predicted molar refractivity (Wildman–Crippen MR) is 145 cm³/mol. The van der Waals surface area contributed by atoms with E-state index in [0.29, 0.717) is 42.8 Å². The number of nitrogens with zero attached hydrogens (tertiary/aromatic N) is 3. The molecule has 0 unspecified atom stereocenters. The highest BCUT2D eigenvalue weighted by atomic mass is 31.2. The molecule has 0 amide bonds. The number of non-ortho nitro benzene ring substituents is 1. The number of oxime groups is 1. The highest BCUT2D eigenvalue weighted by Gasteiger charge is 2.24. The van der Waals surface area contributed by atoms with E-state index < -0.39 is 12.5 Å². The summed E-state index contributed by atoms with van der Waals surface area (Å²) in [6, 6.07) is 18.1. The molecule has 0 bridgehead atoms. The number of nitro benzene ring substituents is 1. The zero-order valence-electron chi connectivity index (χ0n) is 21.1. The summed E-state index contributed by atoms with van der Waals surface area (Å²) >= 11 is 0. The maximum Gasteiger partial charge on any atom is 0.330 e. The van der Waals surface area contributed by atoms with Crippen LogP contribution in [0, 0.1) is 17.0 Å². The molecule has 0 aliphatic rings. The third kappa shape index (κ3) is 5.44. The van der Waals surface area contributed by atoms with E-state index in [2.05, 4.69) is 9.72 Å². The van der Waals surface area contributed by atoms with Gasteiger partial charge in [-0.3, -0.25) is 14.7 Å². The zero-order valence-corrected chi connectivity index (χ0v) is 22.0. The Labute approximate surface area is 215 Å². The minimum atomic E-state index is -3.19. The SMILES string of the molecule is CCOP(=O)(CCCn1c2ccc(C(=NO)c3ccccc3C)cc2c2cc([N+](=O)[O-])ccc21)OCC. The van der Waals surface area contributed by atoms with Gasteiger partial charge >= 0.3 is 7.60 Å². The Bertz CT molecular complexity index is 1520. The van der Waals surface area contributed by atoms with Crippen LogP contribution < -0.4 is 0 Å². The average molecular weight is 524 g/mol. The molecule has 10 heteroatoms. The molecule has 0 saturated carbocycles. The van der Waals surface area contributed by atoms with Crippen molar-refractivity contribution < 1.29 is 23.7 Å². The van der Waals surface area contributed by atoms with Crippen molar-refractivity contribution in [2.24, 2.45) is 5.16 Å². The Morgan fingerprint density at radius 3 is 2.30 bits per heavy atom. The van der Waals surface area contributed by atoms with Crippen molar-refractivity contribution in [1.82, 2.24) is 4.57 Å². The number of hydrogen-bond donors (Lipinski definition) is 1. The van der Waals surface area contributed by atoms with Gasteiger partial charge in [0.25, 0.3) is 5.69 Å². The molecule has 1 aromatic heterocycles. The lowest BCUT2D eigenvalue weighted by molar-refractivity contribution is -0.384. The third-order valence-electron chi connectivity index (χ3n) is 6.30. The lowest BCUT2D eigenvalue weighted by atomic mass is 9.97. The molecule has 0 saturated heterocycles. The molecule has 0 aliphatic heterocycles. The summed E-state index contributed by atoms with van der Waals surface area (Å²) in [7, 11) is -3.19. The summed E-state index contributed by atoms with van der Waals surface area (Å²) in [5.74, 6) is 0. The predicted octanol–water partition coefficient (Wildman–Crippen LogP) is 6.89. The van der Waals surface area contributed by atoms with Crippen molar-refractivity contribution in [3.8, 4) is 0 Å². The second-order valence-electron chi connectivity index (χ2n) is 8.63. The second kappa shape index (κ2) is 11.3. The van der Waals surface area contributed by atoms with Gasteiger partial charge in [-0.1, -0.05) is 35.5 Å². The molecule has 1 heterocycles. The van der Waals surface area contributed by atoms with Crippen LogP contribution >= 0.6 is 7.60 Å². The molecule has 3 aromatic carbocycles. The van der Waals surface area contributed by atoms with E-state index in [1.807, 2.05) is 49.4 Å². The van der Waals surface area contributed by atoms with Gasteiger partial charge in [-0.15, -0.1) is 0 Å². The Kier molecular flexibility index (Phi) is 8.07. The Balaban J connectivity index is 1.80. The number of hydrogen-bond acceptors (Lipinski definition) is 7. The second-order valence-corrected chi connectivity index (χ2v) is 10.8. The molecular weight excluding hydrogens is 493 g/mol. The molecule has 0 aliphatic carbocycles. The monoisotopic (exact) mass is 523 g/mol. The fourth-order valence-electron chi connectivity index (χ4n) is 4.68. The average Bonchev–Trinajstić information content (AvgIpc) is 3.18. The molecule has 0 spiro atoms. The summed E-state index contributed by atoms with van der Waals surface area (Å²) in [4.78, 5) is 11.1. The number of benzene rings is 3. The topological polar surface area (TPSA) is 116 Å². The molecule has 194 valence electrons. The summed E-state index contributed by atoms with van der Waals surface area (Å²) in [5, 5.41) is 26.5. The standard InChI is InChI=1S/C27H30N3O6P/c1-4-35-37(34,36-5-2)16-8-15-29-25-13-11-20(27(28-31)22-10-7-6-9-19(22)3)17-23(25)24-18-21(30(32)33)12-14-26(24)29/h6-7,9-14,17-18,31H,4-5,8,15-16H2,1-3H3. The largest absolute Gasteiger partial charge is 0.410 e. The maximum absolute atomic E-state index is 12.9. The number of aryl methyl sites for hydroxylation is 2. The molecule has 4 rings (SSSR count). The van der Waals surface area contributed by atoms with Crippen LogP contribution in [0.1, 0.15) is 37.0 Å². The first-order valence-corrected chi connectivity index (χ1v) is 13.9. The quantitative estimate of drug-likeness (QED) is 0.0752. The minimum absolute atomic E-state index is 0.0101. The molecule has 0 radical (unpaired) electrons. The molecule has 0 fully saturated rings. The highest BCUT2D eigenvalue weighted by Crippen LogP contribution is 2.48. The highest BCUT2D eigenvalue weighted by molar-refractivity contribution is 7.53. The maximum atomic E-state index is 12.9. The van der Waals surface area contributed by atoms with E-state index in [-0.39, 0.29) is 11.8 Å². The first kappa shape index (κ1) is 26.5. The first-order chi connectivity index (χ1) is 17.8. The van der Waals surface area contributed by atoms with Crippen LogP contribution in [-0.4, -0.2) is 39.8 Å². The fraction of sp³-hybridized carbons (Fsp3) is 0.296. The van der Waals surface area contributed by atoms with Gasteiger partial charge in [0.15, 0.2) is 0 Å². The zero-order chi connectivity index (χ0) is 26.6. The van der Waals surface area contributed by atoms with Crippen LogP contribution in [0.15, 0.2) is 65.8 Å². The van der Waals surface area contributed by atoms with Crippen LogP contribution in [-0.2, 0) is 20.2 Å². The van der Waals surface area contributed by atoms with E-state index in [0.717, 1.165) is 27.5 Å². The van der Waals surface area contributed by atoms with Gasteiger partial charge in [-0.2, -0.15) is 0 Å². The van der Waals surface area contributed by atoms with Gasteiger partial charge in [0.05, 0.1) is 24.3 Å². The minimum Gasteiger partial charge on any atom is -0.410 e. The number of aromatic nitrogens is 1. The Morgan fingerprint density at radius 1 is 1.03 bits per heavy atom. The van der Waals surface area contributed by atoms with Crippen molar-refractivity contribution in [2.45, 2.75) is 33.7 Å². The normalized spacial score (nSPS) is 12.5. The lowest BCUT2D eigenvalue weighted by Gasteiger charge is -2.17. The molecule has 0 atom stereocenters. The van der Waals surface area contributed by atoms with E-state index >= 15 is 0 Å². The number of rotatable bonds is 11. The van der Waals surface area contributed by atoms with Gasteiger partial charge in [0.2, 0.25) is 0 Å². The van der Waals surface area contributed by atoms with Crippen LogP contribution in [0.5, 0.6) is 0 Å². The molecule has 9 nitrogen and oxygen atoms in total. The Morgan fingerprint density at radius 2 is 1.68 bits per heavy atom. The van der Waals surface area contributed by atoms with Gasteiger partial charge in [0.1, 0.15) is 5.71 Å². The van der Waals surface area contributed by atoms with Crippen LogP contribution in [0.2, 0.25) is 0 Å². The van der Waals surface area contributed by atoms with Crippen molar-refractivity contribution >= 4 is 40.8 Å². The van der Waals surface area contributed by atoms with Crippen molar-refractivity contribution in [2.75, 3.05) is 19.4 Å². The van der Waals surface area contributed by atoms with Crippen molar-refractivity contribution in [3.05, 3.63) is 87.5 Å². The number of fused-ring (bicyclic) bond motifs is 3. The van der Waals surface area contributed by atoms with Crippen molar-refractivity contribution in [1.29, 1.82) is 0 Å². The van der Waals surface area contributed by atoms with Crippen molar-refractivity contribution in [3.63, 3.8) is 0 Å². The lowest BCUT2D eigenvalue weighted by Crippen LogP contribution is -2.06. The van der Waals surface area contributed by atoms with E-state index in [9.17, 15) is 19.9 Å².